The van der Waals surface area contributed by atoms with Crippen LogP contribution in [0.2, 0.25) is 0 Å². The van der Waals surface area contributed by atoms with E-state index in [4.69, 9.17) is 0 Å². The molecular weight excluding hydrogens is 248 g/mol. The van der Waals surface area contributed by atoms with Crippen molar-refractivity contribution >= 4 is 0 Å². The number of fused-ring (bicyclic) bond motifs is 1. The third kappa shape index (κ3) is 0.875. The minimum absolute atomic E-state index is 0.214. The molecule has 0 aromatic heterocycles. The molecule has 2 heteroatoms. The Morgan fingerprint density at radius 1 is 1.05 bits per heavy atom. The summed E-state index contributed by atoms with van der Waals surface area (Å²) < 4.78 is 0. The number of hydrogen-bond donors (Lipinski definition) is 2. The Morgan fingerprint density at radius 2 is 1.90 bits per heavy atom. The Labute approximate surface area is 117 Å². The molecule has 0 aromatic carbocycles. The van der Waals surface area contributed by atoms with Crippen LogP contribution in [0.1, 0.15) is 12.8 Å². The van der Waals surface area contributed by atoms with Crippen molar-refractivity contribution in [1.82, 2.24) is 0 Å². The lowest BCUT2D eigenvalue weighted by molar-refractivity contribution is 0.309. The SMILES string of the molecule is OC1=CC23CC24C(O)=CC=CC4=CCC3=C2C=CC=C12. The highest BCUT2D eigenvalue weighted by Gasteiger charge is 2.74. The quantitative estimate of drug-likeness (QED) is 0.694. The molecule has 2 unspecified atom stereocenters. The predicted molar refractivity (Wildman–Crippen MR) is 77.0 cm³/mol. The van der Waals surface area contributed by atoms with Gasteiger partial charge in [0.05, 0.1) is 5.41 Å². The maximum Gasteiger partial charge on any atom is 0.120 e. The largest absolute Gasteiger partial charge is 0.511 e. The van der Waals surface area contributed by atoms with Gasteiger partial charge in [0.25, 0.3) is 0 Å². The van der Waals surface area contributed by atoms with Crippen LogP contribution >= 0.6 is 0 Å². The van der Waals surface area contributed by atoms with Gasteiger partial charge in [-0.15, -0.1) is 0 Å². The summed E-state index contributed by atoms with van der Waals surface area (Å²) in [7, 11) is 0. The average molecular weight is 262 g/mol. The third-order valence-electron chi connectivity index (χ3n) is 5.51. The monoisotopic (exact) mass is 262 g/mol. The molecular formula is C18H14O2. The molecule has 5 rings (SSSR count). The van der Waals surface area contributed by atoms with Crippen LogP contribution < -0.4 is 0 Å². The normalized spacial score (nSPS) is 39.0. The number of aliphatic hydroxyl groups is 2. The number of rotatable bonds is 0. The van der Waals surface area contributed by atoms with Crippen molar-refractivity contribution in [2.24, 2.45) is 10.8 Å². The minimum atomic E-state index is -0.321. The molecule has 1 saturated carbocycles. The zero-order valence-electron chi connectivity index (χ0n) is 10.9. The van der Waals surface area contributed by atoms with Gasteiger partial charge < -0.3 is 10.2 Å². The second-order valence-corrected chi connectivity index (χ2v) is 6.19. The summed E-state index contributed by atoms with van der Waals surface area (Å²) in [5.74, 6) is 0.789. The lowest BCUT2D eigenvalue weighted by Crippen LogP contribution is -2.27. The highest BCUT2D eigenvalue weighted by Crippen LogP contribution is 2.79. The van der Waals surface area contributed by atoms with E-state index >= 15 is 0 Å². The Balaban J connectivity index is 1.83. The first kappa shape index (κ1) is 10.6. The molecule has 0 saturated heterocycles. The van der Waals surface area contributed by atoms with E-state index in [0.29, 0.717) is 11.5 Å². The molecule has 0 aromatic rings. The van der Waals surface area contributed by atoms with E-state index in [9.17, 15) is 10.2 Å². The predicted octanol–water partition coefficient (Wildman–Crippen LogP) is 3.95. The fraction of sp³-hybridized carbons (Fsp3) is 0.222. The van der Waals surface area contributed by atoms with E-state index in [1.165, 1.54) is 11.1 Å². The van der Waals surface area contributed by atoms with Crippen LogP contribution in [0, 0.1) is 10.8 Å². The highest BCUT2D eigenvalue weighted by molar-refractivity contribution is 5.71. The Morgan fingerprint density at radius 3 is 2.80 bits per heavy atom. The lowest BCUT2D eigenvalue weighted by Gasteiger charge is -2.35. The summed E-state index contributed by atoms with van der Waals surface area (Å²) in [6, 6.07) is 0. The van der Waals surface area contributed by atoms with Crippen LogP contribution in [0.5, 0.6) is 0 Å². The first-order valence-electron chi connectivity index (χ1n) is 7.02. The van der Waals surface area contributed by atoms with Crippen molar-refractivity contribution in [3.63, 3.8) is 0 Å². The van der Waals surface area contributed by atoms with Crippen LogP contribution in [0.25, 0.3) is 0 Å². The van der Waals surface area contributed by atoms with Gasteiger partial charge in [-0.1, -0.05) is 36.5 Å². The van der Waals surface area contributed by atoms with Crippen LogP contribution in [-0.4, -0.2) is 10.2 Å². The van der Waals surface area contributed by atoms with Gasteiger partial charge in [0.1, 0.15) is 11.5 Å². The van der Waals surface area contributed by atoms with E-state index in [1.807, 2.05) is 24.3 Å². The fourth-order valence-corrected chi connectivity index (χ4v) is 4.56. The Hall–Kier alpha value is -2.22. The summed E-state index contributed by atoms with van der Waals surface area (Å²) in [6.07, 6.45) is 17.8. The smallest absolute Gasteiger partial charge is 0.120 e. The molecule has 2 atom stereocenters. The number of hydrogen-bond acceptors (Lipinski definition) is 2. The number of allylic oxidation sites excluding steroid dienone is 11. The van der Waals surface area contributed by atoms with Crippen molar-refractivity contribution in [3.05, 3.63) is 82.4 Å². The van der Waals surface area contributed by atoms with E-state index in [-0.39, 0.29) is 10.8 Å². The molecule has 5 aliphatic carbocycles. The first-order valence-corrected chi connectivity index (χ1v) is 7.02. The van der Waals surface area contributed by atoms with Crippen molar-refractivity contribution in [2.75, 3.05) is 0 Å². The molecule has 2 nitrogen and oxygen atoms in total. The molecule has 2 spiro atoms. The van der Waals surface area contributed by atoms with Crippen molar-refractivity contribution < 1.29 is 10.2 Å². The second-order valence-electron chi connectivity index (χ2n) is 6.19. The maximum atomic E-state index is 10.5. The van der Waals surface area contributed by atoms with Gasteiger partial charge in [0, 0.05) is 11.0 Å². The molecule has 0 bridgehead atoms. The Bertz CT molecular complexity index is 782. The third-order valence-corrected chi connectivity index (χ3v) is 5.51. The molecule has 1 fully saturated rings. The lowest BCUT2D eigenvalue weighted by atomic mass is 9.68. The molecule has 0 aliphatic heterocycles. The topological polar surface area (TPSA) is 40.5 Å². The first-order chi connectivity index (χ1) is 9.69. The van der Waals surface area contributed by atoms with Gasteiger partial charge >= 0.3 is 0 Å². The van der Waals surface area contributed by atoms with E-state index < -0.39 is 0 Å². The number of aliphatic hydroxyl groups excluding tert-OH is 2. The molecule has 2 N–H and O–H groups in total. The van der Waals surface area contributed by atoms with Gasteiger partial charge in [-0.2, -0.15) is 0 Å². The molecule has 0 heterocycles. The van der Waals surface area contributed by atoms with Gasteiger partial charge in [-0.3, -0.25) is 0 Å². The summed E-state index contributed by atoms with van der Waals surface area (Å²) >= 11 is 0. The molecule has 0 radical (unpaired) electrons. The van der Waals surface area contributed by atoms with E-state index in [1.54, 1.807) is 6.08 Å². The van der Waals surface area contributed by atoms with Gasteiger partial charge in [-0.05, 0) is 41.7 Å². The zero-order valence-corrected chi connectivity index (χ0v) is 10.9. The molecule has 20 heavy (non-hydrogen) atoms. The highest BCUT2D eigenvalue weighted by atomic mass is 16.3. The van der Waals surface area contributed by atoms with E-state index in [2.05, 4.69) is 18.2 Å². The van der Waals surface area contributed by atoms with Gasteiger partial charge in [0.2, 0.25) is 0 Å². The van der Waals surface area contributed by atoms with Gasteiger partial charge in [0.15, 0.2) is 0 Å². The molecule has 98 valence electrons. The van der Waals surface area contributed by atoms with Crippen molar-refractivity contribution in [2.45, 2.75) is 12.8 Å². The molecule has 0 amide bonds. The molecule has 5 aliphatic rings. The second kappa shape index (κ2) is 2.93. The standard InChI is InChI=1S/C18H14O2/c19-15-9-17-10-18(17)11(3-1-6-16(18)20)7-8-14(17)12-4-2-5-13(12)15/h1-7,9,19-20H,8,10H2. The fourth-order valence-electron chi connectivity index (χ4n) is 4.56. The summed E-state index contributed by atoms with van der Waals surface area (Å²) in [6.45, 7) is 0. The van der Waals surface area contributed by atoms with Crippen molar-refractivity contribution in [3.8, 4) is 0 Å². The van der Waals surface area contributed by atoms with Crippen LogP contribution in [0.15, 0.2) is 82.4 Å². The van der Waals surface area contributed by atoms with Crippen LogP contribution in [0.3, 0.4) is 0 Å². The van der Waals surface area contributed by atoms with Gasteiger partial charge in [-0.25, -0.2) is 0 Å². The summed E-state index contributed by atoms with van der Waals surface area (Å²) in [4.78, 5) is 0. The maximum absolute atomic E-state index is 10.5. The van der Waals surface area contributed by atoms with E-state index in [0.717, 1.165) is 24.0 Å². The minimum Gasteiger partial charge on any atom is -0.511 e. The summed E-state index contributed by atoms with van der Waals surface area (Å²) in [5.41, 5.74) is 4.08. The van der Waals surface area contributed by atoms with Crippen LogP contribution in [-0.2, 0) is 0 Å². The van der Waals surface area contributed by atoms with Crippen LogP contribution in [0.4, 0.5) is 0 Å². The average Bonchev–Trinajstić information content (AvgIpc) is 2.85. The van der Waals surface area contributed by atoms with Crippen molar-refractivity contribution in [1.29, 1.82) is 0 Å². The zero-order chi connectivity index (χ0) is 13.5. The summed E-state index contributed by atoms with van der Waals surface area (Å²) in [5, 5.41) is 20.8. The Kier molecular flexibility index (Phi) is 1.54.